The molecule has 96 valence electrons. The van der Waals surface area contributed by atoms with Gasteiger partial charge in [-0.1, -0.05) is 6.42 Å². The minimum atomic E-state index is -0.0910. The zero-order valence-corrected chi connectivity index (χ0v) is 10.5. The number of unbranched alkanes of at least 4 members (excludes halogenated alkanes) is 1. The van der Waals surface area contributed by atoms with Gasteiger partial charge in [0, 0.05) is 17.4 Å². The highest BCUT2D eigenvalue weighted by molar-refractivity contribution is 8.00. The van der Waals surface area contributed by atoms with Crippen LogP contribution in [-0.4, -0.2) is 35.0 Å². The first kappa shape index (κ1) is 12.5. The van der Waals surface area contributed by atoms with Crippen LogP contribution in [0.3, 0.4) is 0 Å². The number of nitrogens with two attached hydrogens (primary N) is 2. The fourth-order valence-corrected chi connectivity index (χ4v) is 3.84. The molecule has 0 spiro atoms. The molecule has 1 fully saturated rings. The van der Waals surface area contributed by atoms with Gasteiger partial charge in [0.2, 0.25) is 5.91 Å². The van der Waals surface area contributed by atoms with Gasteiger partial charge in [0.05, 0.1) is 12.1 Å². The molecule has 2 aliphatic heterocycles. The van der Waals surface area contributed by atoms with Crippen LogP contribution in [0, 0.1) is 0 Å². The molecule has 0 bridgehead atoms. The maximum Gasteiger partial charge on any atom is 0.233 e. The Kier molecular flexibility index (Phi) is 4.11. The summed E-state index contributed by atoms with van der Waals surface area (Å²) < 4.78 is 0. The average Bonchev–Trinajstić information content (AvgIpc) is 2.84. The van der Waals surface area contributed by atoms with Crippen LogP contribution in [0.25, 0.3) is 0 Å². The van der Waals surface area contributed by atoms with Crippen molar-refractivity contribution >= 4 is 23.6 Å². The second-order valence-electron chi connectivity index (χ2n) is 4.44. The van der Waals surface area contributed by atoms with Crippen molar-refractivity contribution < 1.29 is 4.79 Å². The SMILES string of the molecule is NNC(=O)CCCC[C@@H]1SC[C@H]2NC(N)=N[C@@H]12. The Morgan fingerprint density at radius 2 is 2.41 bits per heavy atom. The van der Waals surface area contributed by atoms with Crippen molar-refractivity contribution in [1.29, 1.82) is 0 Å². The number of hydrogen-bond acceptors (Lipinski definition) is 6. The van der Waals surface area contributed by atoms with Gasteiger partial charge in [0.25, 0.3) is 0 Å². The first-order valence-electron chi connectivity index (χ1n) is 5.91. The van der Waals surface area contributed by atoms with E-state index < -0.39 is 0 Å². The Morgan fingerprint density at radius 1 is 1.59 bits per heavy atom. The molecule has 0 aromatic carbocycles. The number of amides is 1. The molecule has 0 aromatic heterocycles. The number of hydrazine groups is 1. The third-order valence-corrected chi connectivity index (χ3v) is 4.70. The summed E-state index contributed by atoms with van der Waals surface area (Å²) >= 11 is 1.95. The molecule has 1 amide bonds. The summed E-state index contributed by atoms with van der Waals surface area (Å²) in [7, 11) is 0. The van der Waals surface area contributed by atoms with Crippen LogP contribution in [0.2, 0.25) is 0 Å². The number of rotatable bonds is 5. The monoisotopic (exact) mass is 257 g/mol. The van der Waals surface area contributed by atoms with Gasteiger partial charge in [-0.2, -0.15) is 11.8 Å². The van der Waals surface area contributed by atoms with E-state index >= 15 is 0 Å². The molecule has 2 heterocycles. The fourth-order valence-electron chi connectivity index (χ4n) is 2.33. The lowest BCUT2D eigenvalue weighted by atomic mass is 10.0. The van der Waals surface area contributed by atoms with Crippen molar-refractivity contribution in [2.75, 3.05) is 5.75 Å². The highest BCUT2D eigenvalue weighted by Gasteiger charge is 2.39. The van der Waals surface area contributed by atoms with Gasteiger partial charge in [-0.25, -0.2) is 10.8 Å². The number of aliphatic imine (C=N–C) groups is 1. The lowest BCUT2D eigenvalue weighted by Crippen LogP contribution is -2.38. The van der Waals surface area contributed by atoms with Crippen LogP contribution in [0.5, 0.6) is 0 Å². The molecule has 0 unspecified atom stereocenters. The first-order chi connectivity index (χ1) is 8.20. The average molecular weight is 257 g/mol. The van der Waals surface area contributed by atoms with Gasteiger partial charge in [-0.15, -0.1) is 0 Å². The maximum atomic E-state index is 10.9. The number of carbonyl (C=O) groups excluding carboxylic acids is 1. The first-order valence-corrected chi connectivity index (χ1v) is 6.96. The highest BCUT2D eigenvalue weighted by Crippen LogP contribution is 2.35. The molecule has 2 aliphatic rings. The highest BCUT2D eigenvalue weighted by atomic mass is 32.2. The molecule has 6 nitrogen and oxygen atoms in total. The number of nitrogens with zero attached hydrogens (tertiary/aromatic N) is 1. The third kappa shape index (κ3) is 3.04. The van der Waals surface area contributed by atoms with Gasteiger partial charge in [0.1, 0.15) is 0 Å². The van der Waals surface area contributed by atoms with Crippen LogP contribution in [0.1, 0.15) is 25.7 Å². The number of guanidine groups is 1. The Morgan fingerprint density at radius 3 is 3.18 bits per heavy atom. The molecule has 17 heavy (non-hydrogen) atoms. The van der Waals surface area contributed by atoms with Crippen molar-refractivity contribution in [2.24, 2.45) is 16.6 Å². The molecule has 3 atom stereocenters. The smallest absolute Gasteiger partial charge is 0.233 e. The van der Waals surface area contributed by atoms with Crippen molar-refractivity contribution in [3.63, 3.8) is 0 Å². The molecular formula is C10H19N5OS. The van der Waals surface area contributed by atoms with E-state index in [1.165, 1.54) is 0 Å². The second-order valence-corrected chi connectivity index (χ2v) is 5.71. The van der Waals surface area contributed by atoms with E-state index in [2.05, 4.69) is 15.7 Å². The quantitative estimate of drug-likeness (QED) is 0.226. The van der Waals surface area contributed by atoms with Crippen LogP contribution in [0.15, 0.2) is 4.99 Å². The van der Waals surface area contributed by atoms with Gasteiger partial charge in [0.15, 0.2) is 5.96 Å². The largest absolute Gasteiger partial charge is 0.370 e. The maximum absolute atomic E-state index is 10.9. The summed E-state index contributed by atoms with van der Waals surface area (Å²) in [5, 5.41) is 3.73. The van der Waals surface area contributed by atoms with Gasteiger partial charge >= 0.3 is 0 Å². The van der Waals surface area contributed by atoms with Crippen LogP contribution >= 0.6 is 11.8 Å². The molecular weight excluding hydrogens is 238 g/mol. The van der Waals surface area contributed by atoms with Crippen molar-refractivity contribution in [2.45, 2.75) is 43.0 Å². The Balaban J connectivity index is 1.68. The summed E-state index contributed by atoms with van der Waals surface area (Å²) in [6.45, 7) is 0. The van der Waals surface area contributed by atoms with Crippen molar-refractivity contribution in [3.05, 3.63) is 0 Å². The van der Waals surface area contributed by atoms with Gasteiger partial charge in [-0.3, -0.25) is 10.2 Å². The fraction of sp³-hybridized carbons (Fsp3) is 0.800. The Hall–Kier alpha value is -0.950. The predicted octanol–water partition coefficient (Wildman–Crippen LogP) is -0.693. The van der Waals surface area contributed by atoms with Gasteiger partial charge < -0.3 is 11.1 Å². The molecule has 0 aromatic rings. The van der Waals surface area contributed by atoms with Crippen LogP contribution in [0.4, 0.5) is 0 Å². The number of hydrogen-bond donors (Lipinski definition) is 4. The Labute approximate surface area is 105 Å². The summed E-state index contributed by atoms with van der Waals surface area (Å²) in [5.41, 5.74) is 7.81. The number of carbonyl (C=O) groups is 1. The molecule has 0 aliphatic carbocycles. The second kappa shape index (κ2) is 5.59. The van der Waals surface area contributed by atoms with E-state index in [9.17, 15) is 4.79 Å². The normalized spacial score (nSPS) is 30.6. The summed E-state index contributed by atoms with van der Waals surface area (Å²) in [4.78, 5) is 15.4. The molecule has 1 saturated heterocycles. The zero-order chi connectivity index (χ0) is 12.3. The lowest BCUT2D eigenvalue weighted by molar-refractivity contribution is -0.121. The number of fused-ring (bicyclic) bond motifs is 1. The molecule has 0 saturated carbocycles. The molecule has 2 rings (SSSR count). The Bertz CT molecular complexity index is 322. The minimum absolute atomic E-state index is 0.0910. The van der Waals surface area contributed by atoms with Gasteiger partial charge in [-0.05, 0) is 12.8 Å². The van der Waals surface area contributed by atoms with Crippen molar-refractivity contribution in [1.82, 2.24) is 10.7 Å². The topological polar surface area (TPSA) is 106 Å². The summed E-state index contributed by atoms with van der Waals surface area (Å²) in [5.74, 6) is 6.58. The summed E-state index contributed by atoms with van der Waals surface area (Å²) in [6.07, 6.45) is 3.50. The lowest BCUT2D eigenvalue weighted by Gasteiger charge is -2.14. The minimum Gasteiger partial charge on any atom is -0.370 e. The molecule has 0 radical (unpaired) electrons. The van der Waals surface area contributed by atoms with Crippen molar-refractivity contribution in [3.8, 4) is 0 Å². The van der Waals surface area contributed by atoms with E-state index in [1.807, 2.05) is 11.8 Å². The standard InChI is InChI=1S/C10H19N5OS/c11-10-13-6-5-17-7(9(6)14-10)3-1-2-4-8(16)15-12/h6-7,9H,1-5,12H2,(H,15,16)(H3,11,13,14)/t6-,7+,9-/m1/s1. The molecule has 7 heteroatoms. The van der Waals surface area contributed by atoms with Crippen LogP contribution in [-0.2, 0) is 4.79 Å². The van der Waals surface area contributed by atoms with E-state index in [-0.39, 0.29) is 5.91 Å². The number of nitrogens with one attached hydrogen (secondary N) is 2. The zero-order valence-electron chi connectivity index (χ0n) is 9.69. The van der Waals surface area contributed by atoms with E-state index in [4.69, 9.17) is 11.6 Å². The number of thioether (sulfide) groups is 1. The van der Waals surface area contributed by atoms with E-state index in [0.29, 0.717) is 29.7 Å². The van der Waals surface area contributed by atoms with E-state index in [1.54, 1.807) is 0 Å². The van der Waals surface area contributed by atoms with Crippen LogP contribution < -0.4 is 22.3 Å². The third-order valence-electron chi connectivity index (χ3n) is 3.21. The predicted molar refractivity (Wildman–Crippen MR) is 69.4 cm³/mol. The summed E-state index contributed by atoms with van der Waals surface area (Å²) in [6, 6.07) is 0.737. The van der Waals surface area contributed by atoms with E-state index in [0.717, 1.165) is 25.0 Å². The molecule has 6 N–H and O–H groups in total.